The molecule has 1 amide bonds. The molecule has 0 aromatic carbocycles. The van der Waals surface area contributed by atoms with E-state index in [1.807, 2.05) is 21.2 Å². The molecular formula is C5H4BrF2N3O. The van der Waals surface area contributed by atoms with Crippen molar-refractivity contribution < 1.29 is 13.6 Å². The van der Waals surface area contributed by atoms with E-state index in [-0.39, 0.29) is 5.69 Å². The van der Waals surface area contributed by atoms with Gasteiger partial charge in [0, 0.05) is 22.1 Å². The minimum absolute atomic E-state index is 0.194. The first-order chi connectivity index (χ1) is 5.50. The van der Waals surface area contributed by atoms with E-state index in [9.17, 15) is 13.6 Å². The number of amides is 1. The Bertz CT molecular complexity index is 269. The fourth-order valence-electron chi connectivity index (χ4n) is 0.521. The Morgan fingerprint density at radius 2 is 2.42 bits per heavy atom. The predicted molar refractivity (Wildman–Crippen MR) is 41.1 cm³/mol. The zero-order valence-electron chi connectivity index (χ0n) is 5.64. The molecule has 1 aromatic rings. The maximum absolute atomic E-state index is 12.2. The summed E-state index contributed by atoms with van der Waals surface area (Å²) >= 11 is 1.91. The number of aromatic amines is 1. The first-order valence-corrected chi connectivity index (χ1v) is 3.66. The number of rotatable bonds is 2. The fraction of sp³-hybridized carbons (Fsp3) is 0.200. The van der Waals surface area contributed by atoms with E-state index >= 15 is 0 Å². The van der Waals surface area contributed by atoms with Gasteiger partial charge in [-0.15, -0.1) is 0 Å². The number of H-pyrrole nitrogens is 1. The highest BCUT2D eigenvalue weighted by Crippen LogP contribution is 2.23. The van der Waals surface area contributed by atoms with E-state index in [1.54, 1.807) is 0 Å². The average Bonchev–Trinajstić information content (AvgIpc) is 2.37. The number of alkyl halides is 3. The van der Waals surface area contributed by atoms with Crippen LogP contribution in [0.25, 0.3) is 0 Å². The molecular weight excluding hydrogens is 236 g/mol. The summed E-state index contributed by atoms with van der Waals surface area (Å²) < 4.78 is 24.4. The smallest absolute Gasteiger partial charge is 0.317 e. The molecule has 0 aliphatic carbocycles. The van der Waals surface area contributed by atoms with Gasteiger partial charge in [-0.3, -0.25) is 9.89 Å². The van der Waals surface area contributed by atoms with Crippen LogP contribution >= 0.6 is 15.9 Å². The Hall–Kier alpha value is -0.980. The van der Waals surface area contributed by atoms with E-state index in [4.69, 9.17) is 0 Å². The Balaban J connectivity index is 2.60. The molecule has 0 saturated heterocycles. The van der Waals surface area contributed by atoms with Crippen LogP contribution in [0.1, 0.15) is 0 Å². The second kappa shape index (κ2) is 3.18. The number of hydrogen-bond donors (Lipinski definition) is 2. The summed E-state index contributed by atoms with van der Waals surface area (Å²) in [5, 5.41) is 7.75. The highest BCUT2D eigenvalue weighted by Gasteiger charge is 2.34. The molecule has 66 valence electrons. The molecule has 1 aromatic heterocycles. The summed E-state index contributed by atoms with van der Waals surface area (Å²) in [5.74, 6) is -1.43. The molecule has 1 heterocycles. The number of anilines is 1. The second-order valence-corrected chi connectivity index (χ2v) is 2.93. The maximum Gasteiger partial charge on any atom is 0.378 e. The number of halogens is 3. The van der Waals surface area contributed by atoms with Gasteiger partial charge in [0.1, 0.15) is 0 Å². The van der Waals surface area contributed by atoms with Crippen LogP contribution in [0.4, 0.5) is 14.5 Å². The number of carbonyl (C=O) groups is 1. The first-order valence-electron chi connectivity index (χ1n) is 2.87. The highest BCUT2D eigenvalue weighted by molar-refractivity contribution is 9.10. The van der Waals surface area contributed by atoms with Gasteiger partial charge in [-0.1, -0.05) is 0 Å². The Morgan fingerprint density at radius 1 is 1.75 bits per heavy atom. The summed E-state index contributed by atoms with van der Waals surface area (Å²) in [4.78, 5) is 7.03. The number of hydrogen-bond acceptors (Lipinski definition) is 2. The van der Waals surface area contributed by atoms with Gasteiger partial charge >= 0.3 is 10.7 Å². The lowest BCUT2D eigenvalue weighted by molar-refractivity contribution is -0.128. The van der Waals surface area contributed by atoms with Gasteiger partial charge in [-0.2, -0.15) is 13.9 Å². The molecule has 1 rings (SSSR count). The molecule has 0 atom stereocenters. The summed E-state index contributed by atoms with van der Waals surface area (Å²) in [6.07, 6.45) is 2.51. The van der Waals surface area contributed by atoms with Gasteiger partial charge in [0.05, 0.1) is 11.9 Å². The van der Waals surface area contributed by atoms with E-state index < -0.39 is 10.7 Å². The van der Waals surface area contributed by atoms with Crippen molar-refractivity contribution in [3.63, 3.8) is 0 Å². The molecule has 0 unspecified atom stereocenters. The molecule has 0 bridgehead atoms. The molecule has 0 aliphatic rings. The third-order valence-corrected chi connectivity index (χ3v) is 1.37. The fourth-order valence-corrected chi connectivity index (χ4v) is 0.620. The zero-order chi connectivity index (χ0) is 9.19. The van der Waals surface area contributed by atoms with Gasteiger partial charge in [0.15, 0.2) is 0 Å². The number of nitrogens with zero attached hydrogens (tertiary/aromatic N) is 1. The lowest BCUT2D eigenvalue weighted by atomic mass is 10.5. The Morgan fingerprint density at radius 3 is 2.83 bits per heavy atom. The molecule has 0 spiro atoms. The summed E-state index contributed by atoms with van der Waals surface area (Å²) in [5.41, 5.74) is 0.194. The molecule has 0 radical (unpaired) electrons. The molecule has 0 saturated carbocycles. The molecule has 0 aliphatic heterocycles. The van der Waals surface area contributed by atoms with Crippen molar-refractivity contribution in [3.05, 3.63) is 12.4 Å². The highest BCUT2D eigenvalue weighted by atomic mass is 79.9. The van der Waals surface area contributed by atoms with Crippen molar-refractivity contribution in [1.82, 2.24) is 10.2 Å². The SMILES string of the molecule is O=C(Nc1cn[nH]c1)C(F)(F)Br. The van der Waals surface area contributed by atoms with Crippen molar-refractivity contribution in [1.29, 1.82) is 0 Å². The lowest BCUT2D eigenvalue weighted by Crippen LogP contribution is -2.28. The van der Waals surface area contributed by atoms with E-state index in [2.05, 4.69) is 10.2 Å². The minimum Gasteiger partial charge on any atom is -0.317 e. The van der Waals surface area contributed by atoms with Crippen LogP contribution in [0, 0.1) is 0 Å². The van der Waals surface area contributed by atoms with E-state index in [0.717, 1.165) is 0 Å². The first kappa shape index (κ1) is 9.11. The average molecular weight is 240 g/mol. The number of aromatic nitrogens is 2. The van der Waals surface area contributed by atoms with Crippen LogP contribution in [0.15, 0.2) is 12.4 Å². The monoisotopic (exact) mass is 239 g/mol. The normalized spacial score (nSPS) is 11.2. The maximum atomic E-state index is 12.2. The predicted octanol–water partition coefficient (Wildman–Crippen LogP) is 1.34. The van der Waals surface area contributed by atoms with Crippen LogP contribution in [-0.4, -0.2) is 20.9 Å². The Labute approximate surface area is 74.5 Å². The summed E-state index contributed by atoms with van der Waals surface area (Å²) in [6.45, 7) is 0. The third kappa shape index (κ3) is 2.26. The molecule has 0 fully saturated rings. The van der Waals surface area contributed by atoms with Crippen molar-refractivity contribution in [3.8, 4) is 0 Å². The van der Waals surface area contributed by atoms with E-state index in [1.165, 1.54) is 12.4 Å². The topological polar surface area (TPSA) is 57.8 Å². The second-order valence-electron chi connectivity index (χ2n) is 1.94. The minimum atomic E-state index is -3.55. The largest absolute Gasteiger partial charge is 0.378 e. The van der Waals surface area contributed by atoms with Crippen LogP contribution in [0.5, 0.6) is 0 Å². The van der Waals surface area contributed by atoms with Gasteiger partial charge < -0.3 is 5.32 Å². The van der Waals surface area contributed by atoms with E-state index in [0.29, 0.717) is 0 Å². The zero-order valence-corrected chi connectivity index (χ0v) is 7.23. The molecule has 7 heteroatoms. The van der Waals surface area contributed by atoms with Gasteiger partial charge in [-0.05, 0) is 0 Å². The van der Waals surface area contributed by atoms with Gasteiger partial charge in [0.2, 0.25) is 0 Å². The third-order valence-electron chi connectivity index (χ3n) is 1.01. The number of nitrogens with one attached hydrogen (secondary N) is 2. The quantitative estimate of drug-likeness (QED) is 0.766. The van der Waals surface area contributed by atoms with Gasteiger partial charge in [0.25, 0.3) is 0 Å². The van der Waals surface area contributed by atoms with Gasteiger partial charge in [-0.25, -0.2) is 0 Å². The molecule has 2 N–H and O–H groups in total. The van der Waals surface area contributed by atoms with Crippen molar-refractivity contribution >= 4 is 27.5 Å². The summed E-state index contributed by atoms with van der Waals surface area (Å²) in [6, 6.07) is 0. The van der Waals surface area contributed by atoms with Crippen LogP contribution in [0.2, 0.25) is 0 Å². The molecule has 4 nitrogen and oxygen atoms in total. The molecule has 12 heavy (non-hydrogen) atoms. The van der Waals surface area contributed by atoms with Crippen molar-refractivity contribution in [2.45, 2.75) is 4.83 Å². The van der Waals surface area contributed by atoms with Crippen LogP contribution in [0.3, 0.4) is 0 Å². The standard InChI is InChI=1S/C5H4BrF2N3O/c6-5(7,8)4(12)11-3-1-9-10-2-3/h1-2H,(H,9,10)(H,11,12). The summed E-state index contributed by atoms with van der Waals surface area (Å²) in [7, 11) is 0. The Kier molecular flexibility index (Phi) is 2.41. The van der Waals surface area contributed by atoms with Crippen LogP contribution < -0.4 is 5.32 Å². The van der Waals surface area contributed by atoms with Crippen molar-refractivity contribution in [2.24, 2.45) is 0 Å². The van der Waals surface area contributed by atoms with Crippen LogP contribution in [-0.2, 0) is 4.79 Å². The lowest BCUT2D eigenvalue weighted by Gasteiger charge is -2.06. The van der Waals surface area contributed by atoms with Crippen molar-refractivity contribution in [2.75, 3.05) is 5.32 Å². The number of carbonyl (C=O) groups excluding carboxylic acids is 1.